The predicted octanol–water partition coefficient (Wildman–Crippen LogP) is 4.13. The lowest BCUT2D eigenvalue weighted by Crippen LogP contribution is -2.38. The van der Waals surface area contributed by atoms with Gasteiger partial charge in [0.2, 0.25) is 0 Å². The Morgan fingerprint density at radius 1 is 1.28 bits per heavy atom. The van der Waals surface area contributed by atoms with Crippen LogP contribution in [0.15, 0.2) is 16.6 Å². The van der Waals surface area contributed by atoms with Crippen LogP contribution in [-0.4, -0.2) is 23.9 Å². The molecule has 0 bridgehead atoms. The molecule has 0 unspecified atom stereocenters. The van der Waals surface area contributed by atoms with E-state index in [0.717, 1.165) is 11.1 Å². The van der Waals surface area contributed by atoms with Crippen molar-refractivity contribution >= 4 is 15.9 Å². The molecule has 5 heteroatoms. The van der Waals surface area contributed by atoms with Crippen molar-refractivity contribution in [3.63, 3.8) is 0 Å². The maximum atomic E-state index is 13.5. The lowest BCUT2D eigenvalue weighted by molar-refractivity contribution is -0.0566. The minimum atomic E-state index is -2.53. The SMILES string of the molecule is Cc1cc(Br)c(F)cc1CN1CCC(F)(F)CC1. The van der Waals surface area contributed by atoms with Gasteiger partial charge in [-0.15, -0.1) is 0 Å². The highest BCUT2D eigenvalue weighted by Gasteiger charge is 2.33. The summed E-state index contributed by atoms with van der Waals surface area (Å²) in [5.74, 6) is -2.84. The molecule has 1 aromatic carbocycles. The third-order valence-corrected chi connectivity index (χ3v) is 3.97. The molecule has 1 aliphatic rings. The lowest BCUT2D eigenvalue weighted by Gasteiger charge is -2.32. The van der Waals surface area contributed by atoms with Crippen molar-refractivity contribution < 1.29 is 13.2 Å². The van der Waals surface area contributed by atoms with Gasteiger partial charge in [-0.3, -0.25) is 4.90 Å². The second kappa shape index (κ2) is 5.21. The number of nitrogens with zero attached hydrogens (tertiary/aromatic N) is 1. The van der Waals surface area contributed by atoms with Gasteiger partial charge in [0.05, 0.1) is 4.47 Å². The van der Waals surface area contributed by atoms with E-state index < -0.39 is 5.92 Å². The molecule has 0 saturated carbocycles. The topological polar surface area (TPSA) is 3.24 Å². The number of halogens is 4. The van der Waals surface area contributed by atoms with E-state index in [9.17, 15) is 13.2 Å². The van der Waals surface area contributed by atoms with Crippen LogP contribution in [0.4, 0.5) is 13.2 Å². The van der Waals surface area contributed by atoms with E-state index in [1.807, 2.05) is 11.8 Å². The molecular weight excluding hydrogens is 307 g/mol. The van der Waals surface area contributed by atoms with Crippen molar-refractivity contribution in [2.45, 2.75) is 32.2 Å². The summed E-state index contributed by atoms with van der Waals surface area (Å²) in [6.45, 7) is 3.17. The first kappa shape index (κ1) is 13.9. The molecule has 18 heavy (non-hydrogen) atoms. The average molecular weight is 322 g/mol. The molecule has 0 radical (unpaired) electrons. The maximum Gasteiger partial charge on any atom is 0.250 e. The number of rotatable bonds is 2. The molecule has 0 atom stereocenters. The normalized spacial score (nSPS) is 20.1. The van der Waals surface area contributed by atoms with Crippen LogP contribution >= 0.6 is 15.9 Å². The fourth-order valence-corrected chi connectivity index (χ4v) is 2.59. The van der Waals surface area contributed by atoms with Crippen LogP contribution in [0.25, 0.3) is 0 Å². The van der Waals surface area contributed by atoms with Crippen LogP contribution in [0.3, 0.4) is 0 Å². The molecule has 1 aliphatic heterocycles. The first-order chi connectivity index (χ1) is 8.37. The Hall–Kier alpha value is -0.550. The molecule has 1 heterocycles. The zero-order valence-corrected chi connectivity index (χ0v) is 11.7. The zero-order chi connectivity index (χ0) is 13.3. The van der Waals surface area contributed by atoms with Gasteiger partial charge in [0.25, 0.3) is 5.92 Å². The van der Waals surface area contributed by atoms with Gasteiger partial charge in [-0.25, -0.2) is 13.2 Å². The molecule has 1 aromatic rings. The summed E-state index contributed by atoms with van der Waals surface area (Å²) >= 11 is 3.13. The largest absolute Gasteiger partial charge is 0.299 e. The van der Waals surface area contributed by atoms with Crippen LogP contribution in [0.5, 0.6) is 0 Å². The molecule has 0 spiro atoms. The zero-order valence-electron chi connectivity index (χ0n) is 10.1. The Morgan fingerprint density at radius 3 is 2.50 bits per heavy atom. The molecule has 1 saturated heterocycles. The molecular formula is C13H15BrF3N. The van der Waals surface area contributed by atoms with Gasteiger partial charge in [-0.05, 0) is 46.1 Å². The molecule has 2 rings (SSSR count). The van der Waals surface area contributed by atoms with Crippen LogP contribution in [0.2, 0.25) is 0 Å². The summed E-state index contributed by atoms with van der Waals surface area (Å²) < 4.78 is 39.9. The minimum Gasteiger partial charge on any atom is -0.299 e. The van der Waals surface area contributed by atoms with E-state index in [2.05, 4.69) is 15.9 Å². The van der Waals surface area contributed by atoms with Crippen molar-refractivity contribution in [2.24, 2.45) is 0 Å². The molecule has 1 nitrogen and oxygen atoms in total. The van der Waals surface area contributed by atoms with Gasteiger partial charge in [0.15, 0.2) is 0 Å². The lowest BCUT2D eigenvalue weighted by atomic mass is 10.0. The van der Waals surface area contributed by atoms with E-state index in [1.54, 1.807) is 6.07 Å². The van der Waals surface area contributed by atoms with E-state index in [0.29, 0.717) is 24.1 Å². The van der Waals surface area contributed by atoms with Gasteiger partial charge in [-0.2, -0.15) is 0 Å². The Balaban J connectivity index is 2.04. The summed E-state index contributed by atoms with van der Waals surface area (Å²) in [5.41, 5.74) is 1.83. The van der Waals surface area contributed by atoms with Crippen LogP contribution in [-0.2, 0) is 6.54 Å². The average Bonchev–Trinajstić information content (AvgIpc) is 2.28. The molecule has 0 N–H and O–H groups in total. The summed E-state index contributed by atoms with van der Waals surface area (Å²) in [6, 6.07) is 3.20. The Bertz CT molecular complexity index is 438. The second-order valence-electron chi connectivity index (χ2n) is 4.82. The summed E-state index contributed by atoms with van der Waals surface area (Å²) in [7, 11) is 0. The number of hydrogen-bond donors (Lipinski definition) is 0. The van der Waals surface area contributed by atoms with Crippen LogP contribution < -0.4 is 0 Å². The van der Waals surface area contributed by atoms with Crippen LogP contribution in [0.1, 0.15) is 24.0 Å². The quantitative estimate of drug-likeness (QED) is 0.791. The van der Waals surface area contributed by atoms with Crippen molar-refractivity contribution in [2.75, 3.05) is 13.1 Å². The second-order valence-corrected chi connectivity index (χ2v) is 5.68. The van der Waals surface area contributed by atoms with Crippen molar-refractivity contribution in [3.05, 3.63) is 33.5 Å². The third-order valence-electron chi connectivity index (χ3n) is 3.36. The summed E-state index contributed by atoms with van der Waals surface area (Å²) in [5, 5.41) is 0. The van der Waals surface area contributed by atoms with Crippen LogP contribution in [0, 0.1) is 12.7 Å². The Kier molecular flexibility index (Phi) is 4.02. The molecule has 0 aliphatic carbocycles. The number of benzene rings is 1. The van der Waals surface area contributed by atoms with Crippen molar-refractivity contribution in [3.8, 4) is 0 Å². The summed E-state index contributed by atoms with van der Waals surface area (Å²) in [4.78, 5) is 1.95. The number of piperidine rings is 1. The number of hydrogen-bond acceptors (Lipinski definition) is 1. The fraction of sp³-hybridized carbons (Fsp3) is 0.538. The standard InChI is InChI=1S/C13H15BrF3N/c1-9-6-11(14)12(15)7-10(9)8-18-4-2-13(16,17)3-5-18/h6-7H,2-5,8H2,1H3. The van der Waals surface area contributed by atoms with Gasteiger partial charge in [-0.1, -0.05) is 0 Å². The predicted molar refractivity (Wildman–Crippen MR) is 68.3 cm³/mol. The first-order valence-electron chi connectivity index (χ1n) is 5.92. The minimum absolute atomic E-state index is 0.106. The fourth-order valence-electron chi connectivity index (χ4n) is 2.14. The highest BCUT2D eigenvalue weighted by Crippen LogP contribution is 2.29. The Morgan fingerprint density at radius 2 is 1.89 bits per heavy atom. The van der Waals surface area contributed by atoms with Gasteiger partial charge < -0.3 is 0 Å². The van der Waals surface area contributed by atoms with Gasteiger partial charge in [0.1, 0.15) is 5.82 Å². The molecule has 0 amide bonds. The monoisotopic (exact) mass is 321 g/mol. The van der Waals surface area contributed by atoms with E-state index in [4.69, 9.17) is 0 Å². The number of aryl methyl sites for hydroxylation is 1. The highest BCUT2D eigenvalue weighted by molar-refractivity contribution is 9.10. The van der Waals surface area contributed by atoms with E-state index >= 15 is 0 Å². The maximum absolute atomic E-state index is 13.5. The third kappa shape index (κ3) is 3.26. The smallest absolute Gasteiger partial charge is 0.250 e. The highest BCUT2D eigenvalue weighted by atomic mass is 79.9. The Labute approximate surface area is 113 Å². The van der Waals surface area contributed by atoms with Gasteiger partial charge >= 0.3 is 0 Å². The summed E-state index contributed by atoms with van der Waals surface area (Å²) in [6.07, 6.45) is -0.212. The van der Waals surface area contributed by atoms with Crippen molar-refractivity contribution in [1.29, 1.82) is 0 Å². The van der Waals surface area contributed by atoms with E-state index in [1.165, 1.54) is 6.07 Å². The molecule has 100 valence electrons. The van der Waals surface area contributed by atoms with E-state index in [-0.39, 0.29) is 18.7 Å². The van der Waals surface area contributed by atoms with Crippen molar-refractivity contribution in [1.82, 2.24) is 4.90 Å². The first-order valence-corrected chi connectivity index (χ1v) is 6.71. The van der Waals surface area contributed by atoms with Gasteiger partial charge in [0, 0.05) is 32.5 Å². The number of likely N-dealkylation sites (tertiary alicyclic amines) is 1. The molecule has 0 aromatic heterocycles. The molecule has 1 fully saturated rings. The number of alkyl halides is 2.